The van der Waals surface area contributed by atoms with Crippen LogP contribution in [0.1, 0.15) is 0 Å². The van der Waals surface area contributed by atoms with Gasteiger partial charge in [-0.05, 0) is 0 Å². The SMILES string of the molecule is FC(F)(F)OC(F)(F)C(F)(F)F. The van der Waals surface area contributed by atoms with Gasteiger partial charge in [-0.3, -0.25) is 0 Å². The summed E-state index contributed by atoms with van der Waals surface area (Å²) in [4.78, 5) is 0. The van der Waals surface area contributed by atoms with E-state index in [0.29, 0.717) is 0 Å². The molecule has 0 unspecified atom stereocenters. The molecular formula is C3F8O. The highest BCUT2D eigenvalue weighted by molar-refractivity contribution is 4.64. The summed E-state index contributed by atoms with van der Waals surface area (Å²) in [5.74, 6) is 0. The van der Waals surface area contributed by atoms with Crippen LogP contribution in [-0.2, 0) is 4.74 Å². The van der Waals surface area contributed by atoms with Gasteiger partial charge in [0.25, 0.3) is 0 Å². The van der Waals surface area contributed by atoms with Crippen molar-refractivity contribution in [3.05, 3.63) is 0 Å². The van der Waals surface area contributed by atoms with E-state index in [4.69, 9.17) is 0 Å². The molecule has 0 N–H and O–H groups in total. The van der Waals surface area contributed by atoms with Crippen LogP contribution in [0, 0.1) is 0 Å². The number of halogens is 8. The number of ether oxygens (including phenoxy) is 1. The van der Waals surface area contributed by atoms with Gasteiger partial charge in [-0.15, -0.1) is 13.2 Å². The lowest BCUT2D eigenvalue weighted by atomic mass is 10.6. The highest BCUT2D eigenvalue weighted by atomic mass is 19.4. The second-order valence-electron chi connectivity index (χ2n) is 1.56. The maximum atomic E-state index is 11.4. The van der Waals surface area contributed by atoms with E-state index in [1.165, 1.54) is 4.74 Å². The summed E-state index contributed by atoms with van der Waals surface area (Å²) in [6.07, 6.45) is -18.6. The van der Waals surface area contributed by atoms with Crippen molar-refractivity contribution < 1.29 is 39.9 Å². The number of rotatable bonds is 1. The fourth-order valence-electron chi connectivity index (χ4n) is 0.203. The molecule has 74 valence electrons. The topological polar surface area (TPSA) is 9.23 Å². The lowest BCUT2D eigenvalue weighted by Crippen LogP contribution is -2.43. The first-order valence-electron chi connectivity index (χ1n) is 2.17. The van der Waals surface area contributed by atoms with Crippen molar-refractivity contribution in [3.63, 3.8) is 0 Å². The van der Waals surface area contributed by atoms with Crippen LogP contribution in [0.25, 0.3) is 0 Å². The van der Waals surface area contributed by atoms with Gasteiger partial charge in [0, 0.05) is 0 Å². The molecular weight excluding hydrogens is 204 g/mol. The van der Waals surface area contributed by atoms with E-state index in [0.717, 1.165) is 0 Å². The molecule has 0 atom stereocenters. The third-order valence-corrected chi connectivity index (χ3v) is 0.574. The Labute approximate surface area is 59.9 Å². The fraction of sp³-hybridized carbons (Fsp3) is 1.00. The molecule has 0 aromatic rings. The second-order valence-corrected chi connectivity index (χ2v) is 1.56. The zero-order valence-corrected chi connectivity index (χ0v) is 4.93. The van der Waals surface area contributed by atoms with E-state index in [1.807, 2.05) is 0 Å². The van der Waals surface area contributed by atoms with Gasteiger partial charge in [0.15, 0.2) is 0 Å². The van der Waals surface area contributed by atoms with Gasteiger partial charge in [0.2, 0.25) is 0 Å². The van der Waals surface area contributed by atoms with Crippen molar-refractivity contribution in [2.24, 2.45) is 0 Å². The highest BCUT2D eigenvalue weighted by Crippen LogP contribution is 2.40. The molecule has 0 aromatic carbocycles. The van der Waals surface area contributed by atoms with Gasteiger partial charge in [-0.2, -0.15) is 22.0 Å². The first kappa shape index (κ1) is 11.4. The Hall–Kier alpha value is -0.600. The zero-order valence-electron chi connectivity index (χ0n) is 4.93. The highest BCUT2D eigenvalue weighted by Gasteiger charge is 2.64. The maximum absolute atomic E-state index is 11.4. The maximum Gasteiger partial charge on any atom is 0.527 e. The van der Waals surface area contributed by atoms with Crippen LogP contribution in [0.15, 0.2) is 0 Å². The number of hydrogen-bond acceptors (Lipinski definition) is 1. The van der Waals surface area contributed by atoms with Crippen LogP contribution in [0.4, 0.5) is 35.1 Å². The first-order chi connectivity index (χ1) is 4.96. The van der Waals surface area contributed by atoms with Gasteiger partial charge in [0.05, 0.1) is 0 Å². The lowest BCUT2D eigenvalue weighted by Gasteiger charge is -2.20. The molecule has 1 nitrogen and oxygen atoms in total. The van der Waals surface area contributed by atoms with Gasteiger partial charge < -0.3 is 0 Å². The summed E-state index contributed by atoms with van der Waals surface area (Å²) >= 11 is 0. The summed E-state index contributed by atoms with van der Waals surface area (Å²) in [6.45, 7) is 0. The minimum absolute atomic E-state index is 1.53. The predicted molar refractivity (Wildman–Crippen MR) is 18.1 cm³/mol. The molecule has 0 radical (unpaired) electrons. The van der Waals surface area contributed by atoms with Crippen molar-refractivity contribution in [2.75, 3.05) is 0 Å². The minimum atomic E-state index is -6.37. The van der Waals surface area contributed by atoms with E-state index in [9.17, 15) is 35.1 Å². The van der Waals surface area contributed by atoms with Gasteiger partial charge in [-0.25, -0.2) is 4.74 Å². The van der Waals surface area contributed by atoms with Gasteiger partial charge >= 0.3 is 18.6 Å². The monoisotopic (exact) mass is 204 g/mol. The van der Waals surface area contributed by atoms with Crippen LogP contribution >= 0.6 is 0 Å². The Morgan fingerprint density at radius 1 is 0.667 bits per heavy atom. The molecule has 0 saturated carbocycles. The Morgan fingerprint density at radius 3 is 1.08 bits per heavy atom. The quantitative estimate of drug-likeness (QED) is 0.596. The Morgan fingerprint density at radius 2 is 1.00 bits per heavy atom. The van der Waals surface area contributed by atoms with Crippen LogP contribution in [0.3, 0.4) is 0 Å². The first-order valence-corrected chi connectivity index (χ1v) is 2.17. The van der Waals surface area contributed by atoms with E-state index in [1.54, 1.807) is 0 Å². The van der Waals surface area contributed by atoms with Crippen molar-refractivity contribution in [2.45, 2.75) is 18.6 Å². The zero-order chi connectivity index (χ0) is 10.2. The average Bonchev–Trinajstić information content (AvgIpc) is 1.52. The third kappa shape index (κ3) is 3.20. The number of alkyl halides is 8. The van der Waals surface area contributed by atoms with Gasteiger partial charge in [-0.1, -0.05) is 0 Å². The Balaban J connectivity index is 4.44. The summed E-state index contributed by atoms with van der Waals surface area (Å²) < 4.78 is 89.9. The van der Waals surface area contributed by atoms with Crippen molar-refractivity contribution >= 4 is 0 Å². The van der Waals surface area contributed by atoms with Crippen molar-refractivity contribution in [1.29, 1.82) is 0 Å². The molecule has 0 aliphatic rings. The molecule has 12 heavy (non-hydrogen) atoms. The van der Waals surface area contributed by atoms with E-state index in [2.05, 4.69) is 0 Å². The average molecular weight is 204 g/mol. The molecule has 0 rings (SSSR count). The van der Waals surface area contributed by atoms with Gasteiger partial charge in [0.1, 0.15) is 0 Å². The smallest absolute Gasteiger partial charge is 0.218 e. The molecule has 0 aromatic heterocycles. The normalized spacial score (nSPS) is 15.0. The van der Waals surface area contributed by atoms with Crippen LogP contribution in [0.2, 0.25) is 0 Å². The fourth-order valence-corrected chi connectivity index (χ4v) is 0.203. The molecule has 0 aliphatic carbocycles. The van der Waals surface area contributed by atoms with Crippen molar-refractivity contribution in [1.82, 2.24) is 0 Å². The predicted octanol–water partition coefficient (Wildman–Crippen LogP) is 2.68. The lowest BCUT2D eigenvalue weighted by molar-refractivity contribution is -0.485. The van der Waals surface area contributed by atoms with E-state index >= 15 is 0 Å². The third-order valence-electron chi connectivity index (χ3n) is 0.574. The molecule has 0 aliphatic heterocycles. The molecule has 0 saturated heterocycles. The Kier molecular flexibility index (Phi) is 2.58. The van der Waals surface area contributed by atoms with Crippen LogP contribution in [0.5, 0.6) is 0 Å². The summed E-state index contributed by atoms with van der Waals surface area (Å²) in [6, 6.07) is 0. The molecule has 0 heterocycles. The standard InChI is InChI=1S/C3F8O/c4-1(5,6)2(7,8)12-3(9,10)11. The van der Waals surface area contributed by atoms with Crippen LogP contribution < -0.4 is 0 Å². The summed E-state index contributed by atoms with van der Waals surface area (Å²) in [5, 5.41) is 0. The van der Waals surface area contributed by atoms with E-state index < -0.39 is 18.6 Å². The number of hydrogen-bond donors (Lipinski definition) is 0. The minimum Gasteiger partial charge on any atom is -0.218 e. The van der Waals surface area contributed by atoms with Crippen LogP contribution in [-0.4, -0.2) is 18.6 Å². The largest absolute Gasteiger partial charge is 0.527 e. The molecule has 0 bridgehead atoms. The van der Waals surface area contributed by atoms with Crippen molar-refractivity contribution in [3.8, 4) is 0 Å². The second kappa shape index (κ2) is 2.71. The molecule has 0 fully saturated rings. The molecule has 9 heteroatoms. The Bertz CT molecular complexity index is 153. The molecule has 0 amide bonds. The summed E-state index contributed by atoms with van der Waals surface area (Å²) in [5.41, 5.74) is 0. The summed E-state index contributed by atoms with van der Waals surface area (Å²) in [7, 11) is 0. The van der Waals surface area contributed by atoms with E-state index in [-0.39, 0.29) is 0 Å². The molecule has 0 spiro atoms.